The number of benzene rings is 2. The minimum absolute atomic E-state index is 0.115. The molecule has 2 aromatic rings. The van der Waals surface area contributed by atoms with Gasteiger partial charge in [-0.25, -0.2) is 0 Å². The van der Waals surface area contributed by atoms with Crippen molar-refractivity contribution in [3.05, 3.63) is 92.5 Å². The van der Waals surface area contributed by atoms with Crippen LogP contribution in [0.4, 0.5) is 0 Å². The van der Waals surface area contributed by atoms with E-state index in [0.29, 0.717) is 37.6 Å². The Kier molecular flexibility index (Phi) is 7.74. The molecular formula is C38H46O7. The van der Waals surface area contributed by atoms with Gasteiger partial charge in [-0.1, -0.05) is 13.8 Å². The molecule has 2 aromatic carbocycles. The zero-order valence-electron chi connectivity index (χ0n) is 27.6. The van der Waals surface area contributed by atoms with Crippen LogP contribution in [0.3, 0.4) is 0 Å². The average molecular weight is 615 g/mol. The number of aliphatic hydroxyl groups is 2. The highest BCUT2D eigenvalue weighted by Crippen LogP contribution is 2.57. The van der Waals surface area contributed by atoms with Crippen LogP contribution in [0.1, 0.15) is 73.9 Å². The lowest BCUT2D eigenvalue weighted by atomic mass is 9.66. The molecule has 0 aromatic heterocycles. The Morgan fingerprint density at radius 1 is 0.622 bits per heavy atom. The first-order valence-electron chi connectivity index (χ1n) is 15.9. The number of allylic oxidation sites excluding steroid dienone is 6. The van der Waals surface area contributed by atoms with Crippen LogP contribution in [0.5, 0.6) is 11.5 Å². The number of phenolic OH excluding ortho intramolecular Hbond substituents is 2. The van der Waals surface area contributed by atoms with Crippen molar-refractivity contribution >= 4 is 11.1 Å². The van der Waals surface area contributed by atoms with Gasteiger partial charge in [0, 0.05) is 23.7 Å². The van der Waals surface area contributed by atoms with Crippen LogP contribution in [-0.2, 0) is 14.2 Å². The van der Waals surface area contributed by atoms with Gasteiger partial charge >= 0.3 is 0 Å². The number of phenols is 2. The number of aromatic hydroxyl groups is 2. The van der Waals surface area contributed by atoms with Gasteiger partial charge < -0.3 is 34.6 Å². The van der Waals surface area contributed by atoms with E-state index in [4.69, 9.17) is 14.2 Å². The largest absolute Gasteiger partial charge is 0.512 e. The summed E-state index contributed by atoms with van der Waals surface area (Å²) in [7, 11) is 0. The van der Waals surface area contributed by atoms with Crippen molar-refractivity contribution in [2.45, 2.75) is 92.6 Å². The fourth-order valence-corrected chi connectivity index (χ4v) is 8.66. The van der Waals surface area contributed by atoms with Gasteiger partial charge in [-0.05, 0) is 134 Å². The van der Waals surface area contributed by atoms with Gasteiger partial charge in [-0.3, -0.25) is 0 Å². The first-order chi connectivity index (χ1) is 21.1. The molecule has 0 spiro atoms. The van der Waals surface area contributed by atoms with Gasteiger partial charge in [0.1, 0.15) is 23.7 Å². The molecular weight excluding hydrogens is 568 g/mol. The van der Waals surface area contributed by atoms with Crippen LogP contribution in [-0.4, -0.2) is 58.1 Å². The third kappa shape index (κ3) is 5.49. The van der Waals surface area contributed by atoms with Gasteiger partial charge in [-0.15, -0.1) is 0 Å². The molecule has 4 N–H and O–H groups in total. The zero-order valence-corrected chi connectivity index (χ0v) is 27.6. The highest BCUT2D eigenvalue weighted by Gasteiger charge is 2.58. The summed E-state index contributed by atoms with van der Waals surface area (Å²) in [5.41, 5.74) is 9.52. The first kappa shape index (κ1) is 31.5. The summed E-state index contributed by atoms with van der Waals surface area (Å²) in [6.07, 6.45) is 4.13. The third-order valence-electron chi connectivity index (χ3n) is 10.3. The number of aliphatic hydroxyl groups excluding tert-OH is 2. The highest BCUT2D eigenvalue weighted by molar-refractivity contribution is 5.82. The lowest BCUT2D eigenvalue weighted by Gasteiger charge is -2.37. The van der Waals surface area contributed by atoms with Crippen molar-refractivity contribution < 1.29 is 34.6 Å². The Morgan fingerprint density at radius 2 is 0.956 bits per heavy atom. The van der Waals surface area contributed by atoms with Gasteiger partial charge in [0.2, 0.25) is 0 Å². The lowest BCUT2D eigenvalue weighted by Crippen LogP contribution is -2.32. The number of ether oxygens (including phenoxy) is 3. The molecule has 2 fully saturated rings. The smallest absolute Gasteiger partial charge is 0.116 e. The molecule has 2 saturated heterocycles. The second-order valence-corrected chi connectivity index (χ2v) is 14.2. The molecule has 0 amide bonds. The minimum Gasteiger partial charge on any atom is -0.512 e. The predicted octanol–water partition coefficient (Wildman–Crippen LogP) is 7.83. The maximum Gasteiger partial charge on any atom is 0.116 e. The summed E-state index contributed by atoms with van der Waals surface area (Å²) in [4.78, 5) is 0. The summed E-state index contributed by atoms with van der Waals surface area (Å²) in [6.45, 7) is 17.2. The van der Waals surface area contributed by atoms with E-state index in [9.17, 15) is 20.4 Å². The molecule has 2 heterocycles. The third-order valence-corrected chi connectivity index (χ3v) is 10.3. The van der Waals surface area contributed by atoms with Crippen molar-refractivity contribution in [1.29, 1.82) is 0 Å². The molecule has 4 aliphatic rings. The zero-order chi connectivity index (χ0) is 32.6. The molecule has 0 saturated carbocycles. The van der Waals surface area contributed by atoms with Gasteiger partial charge in [0.05, 0.1) is 36.9 Å². The van der Waals surface area contributed by atoms with Crippen molar-refractivity contribution in [1.82, 2.24) is 0 Å². The van der Waals surface area contributed by atoms with Crippen LogP contribution in [0, 0.1) is 38.5 Å². The Bertz CT molecular complexity index is 1520. The molecule has 0 bridgehead atoms. The monoisotopic (exact) mass is 614 g/mol. The van der Waals surface area contributed by atoms with Crippen molar-refractivity contribution in [3.8, 4) is 11.5 Å². The quantitative estimate of drug-likeness (QED) is 0.224. The van der Waals surface area contributed by atoms with E-state index < -0.39 is 10.8 Å². The van der Waals surface area contributed by atoms with E-state index in [2.05, 4.69) is 13.8 Å². The van der Waals surface area contributed by atoms with Gasteiger partial charge in [0.25, 0.3) is 0 Å². The van der Waals surface area contributed by atoms with Crippen LogP contribution in [0.2, 0.25) is 0 Å². The molecule has 6 rings (SSSR count). The Morgan fingerprint density at radius 3 is 1.29 bits per heavy atom. The second-order valence-electron chi connectivity index (χ2n) is 14.2. The normalized spacial score (nSPS) is 31.2. The Labute approximate surface area is 266 Å². The van der Waals surface area contributed by atoms with Crippen molar-refractivity contribution in [2.24, 2.45) is 10.8 Å². The van der Waals surface area contributed by atoms with Crippen LogP contribution in [0.25, 0.3) is 11.1 Å². The molecule has 2 aliphatic heterocycles. The maximum absolute atomic E-state index is 10.7. The SMILES string of the molecule is CC1=C(c2c(C)cc(O)cc2C)C(C)(C2OC2COCC2OC2C2(C)CC(O)=CC(C)=C2c2c(C)cc(O)cc2C)CC(O)=C1. The average Bonchev–Trinajstić information content (AvgIpc) is 3.82. The van der Waals surface area contributed by atoms with Crippen LogP contribution >= 0.6 is 0 Å². The summed E-state index contributed by atoms with van der Waals surface area (Å²) < 4.78 is 18.7. The van der Waals surface area contributed by atoms with E-state index in [1.54, 1.807) is 24.3 Å². The molecule has 0 radical (unpaired) electrons. The fourth-order valence-electron chi connectivity index (χ4n) is 8.66. The molecule has 240 valence electrons. The molecule has 45 heavy (non-hydrogen) atoms. The Hall–Kier alpha value is -3.52. The van der Waals surface area contributed by atoms with Crippen molar-refractivity contribution in [2.75, 3.05) is 13.2 Å². The maximum atomic E-state index is 10.7. The molecule has 7 heteroatoms. The van der Waals surface area contributed by atoms with Crippen molar-refractivity contribution in [3.63, 3.8) is 0 Å². The lowest BCUT2D eigenvalue weighted by molar-refractivity contribution is 0.101. The number of hydrogen-bond acceptors (Lipinski definition) is 7. The van der Waals surface area contributed by atoms with E-state index in [-0.39, 0.29) is 35.9 Å². The molecule has 6 atom stereocenters. The number of hydrogen-bond donors (Lipinski definition) is 4. The second kappa shape index (κ2) is 11.1. The molecule has 6 unspecified atom stereocenters. The highest BCUT2D eigenvalue weighted by atomic mass is 16.6. The van der Waals surface area contributed by atoms with Gasteiger partial charge in [0.15, 0.2) is 0 Å². The van der Waals surface area contributed by atoms with E-state index in [0.717, 1.165) is 55.7 Å². The van der Waals surface area contributed by atoms with Crippen LogP contribution in [0.15, 0.2) is 59.1 Å². The topological polar surface area (TPSA) is 115 Å². The summed E-state index contributed by atoms with van der Waals surface area (Å²) in [5.74, 6) is 1.18. The van der Waals surface area contributed by atoms with E-state index in [1.165, 1.54) is 0 Å². The summed E-state index contributed by atoms with van der Waals surface area (Å²) >= 11 is 0. The summed E-state index contributed by atoms with van der Waals surface area (Å²) in [5, 5.41) is 41.7. The minimum atomic E-state index is -0.460. The number of aryl methyl sites for hydroxylation is 4. The Balaban J connectivity index is 1.15. The predicted molar refractivity (Wildman–Crippen MR) is 175 cm³/mol. The molecule has 7 nitrogen and oxygen atoms in total. The van der Waals surface area contributed by atoms with Crippen LogP contribution < -0.4 is 0 Å². The van der Waals surface area contributed by atoms with E-state index >= 15 is 0 Å². The first-order valence-corrected chi connectivity index (χ1v) is 15.9. The molecule has 2 aliphatic carbocycles. The van der Waals surface area contributed by atoms with E-state index in [1.807, 2.05) is 53.7 Å². The number of epoxide rings is 2. The number of rotatable bonds is 8. The standard InChI is InChI=1S/C38H46O7/c1-19-9-25(39)10-20(2)31(19)33-23(5)13-27(41)15-37(33,7)35-29(44-35)17-43-18-30-36(45-30)38(8)16-28(42)14-24(6)34(38)32-21(3)11-26(40)12-22(32)4/h9-14,29-30,35-36,39-42H,15-18H2,1-8H3. The van der Waals surface area contributed by atoms with Gasteiger partial charge in [-0.2, -0.15) is 0 Å². The fraction of sp³-hybridized carbons (Fsp3) is 0.474. The summed E-state index contributed by atoms with van der Waals surface area (Å²) in [6, 6.07) is 7.15.